The second-order valence-electron chi connectivity index (χ2n) is 4.52. The van der Waals surface area contributed by atoms with Crippen LogP contribution in [0.1, 0.15) is 5.69 Å². The van der Waals surface area contributed by atoms with E-state index in [1.807, 2.05) is 31.5 Å². The van der Waals surface area contributed by atoms with Gasteiger partial charge >= 0.3 is 0 Å². The summed E-state index contributed by atoms with van der Waals surface area (Å²) in [6.07, 6.45) is 5.70. The van der Waals surface area contributed by atoms with Gasteiger partial charge in [0.1, 0.15) is 0 Å². The van der Waals surface area contributed by atoms with Crippen molar-refractivity contribution >= 4 is 11.8 Å². The Kier molecular flexibility index (Phi) is 3.56. The molecule has 20 heavy (non-hydrogen) atoms. The largest absolute Gasteiger partial charge is 0.277 e. The van der Waals surface area contributed by atoms with E-state index < -0.39 is 0 Å². The summed E-state index contributed by atoms with van der Waals surface area (Å²) in [6, 6.07) is 12.5. The summed E-state index contributed by atoms with van der Waals surface area (Å²) in [5.41, 5.74) is 5.48. The normalized spacial score (nSPS) is 10.7. The Morgan fingerprint density at radius 3 is 2.30 bits per heavy atom. The van der Waals surface area contributed by atoms with Crippen molar-refractivity contribution in [1.29, 1.82) is 0 Å². The highest BCUT2D eigenvalue weighted by Gasteiger charge is 2.13. The van der Waals surface area contributed by atoms with Crippen molar-refractivity contribution in [2.24, 2.45) is 0 Å². The van der Waals surface area contributed by atoms with Gasteiger partial charge in [-0.15, -0.1) is 11.8 Å². The SMILES string of the molecule is CSc1ccc(-c2[nH]nc(C)c2-c2ccncc2)cc1. The van der Waals surface area contributed by atoms with Gasteiger partial charge in [0.05, 0.1) is 11.4 Å². The maximum atomic E-state index is 4.36. The molecule has 3 rings (SSSR count). The number of nitrogens with one attached hydrogen (secondary N) is 1. The van der Waals surface area contributed by atoms with Gasteiger partial charge in [-0.05, 0) is 43.0 Å². The van der Waals surface area contributed by atoms with Gasteiger partial charge in [0.25, 0.3) is 0 Å². The Hall–Kier alpha value is -2.07. The number of hydrogen-bond donors (Lipinski definition) is 1. The maximum Gasteiger partial charge on any atom is 0.0731 e. The van der Waals surface area contributed by atoms with Gasteiger partial charge in [-0.2, -0.15) is 5.10 Å². The number of rotatable bonds is 3. The molecule has 1 aromatic carbocycles. The van der Waals surface area contributed by atoms with Gasteiger partial charge in [-0.3, -0.25) is 10.1 Å². The molecular formula is C16H15N3S. The highest BCUT2D eigenvalue weighted by atomic mass is 32.2. The van der Waals surface area contributed by atoms with E-state index in [1.165, 1.54) is 4.90 Å². The lowest BCUT2D eigenvalue weighted by molar-refractivity contribution is 1.05. The number of pyridine rings is 1. The van der Waals surface area contributed by atoms with Crippen LogP contribution in [0.2, 0.25) is 0 Å². The Balaban J connectivity index is 2.11. The fourth-order valence-corrected chi connectivity index (χ4v) is 2.68. The van der Waals surface area contributed by atoms with Crippen LogP contribution in [0.25, 0.3) is 22.4 Å². The molecule has 100 valence electrons. The van der Waals surface area contributed by atoms with Gasteiger partial charge in [0.2, 0.25) is 0 Å². The Bertz CT molecular complexity index is 702. The second kappa shape index (κ2) is 5.51. The summed E-state index contributed by atoms with van der Waals surface area (Å²) in [5, 5.41) is 7.51. The molecule has 0 saturated carbocycles. The van der Waals surface area contributed by atoms with E-state index in [1.54, 1.807) is 11.8 Å². The number of aromatic amines is 1. The zero-order chi connectivity index (χ0) is 13.9. The van der Waals surface area contributed by atoms with Crippen LogP contribution in [-0.4, -0.2) is 21.4 Å². The van der Waals surface area contributed by atoms with E-state index in [9.17, 15) is 0 Å². The predicted octanol–water partition coefficient (Wildman–Crippen LogP) is 4.17. The first-order valence-electron chi connectivity index (χ1n) is 6.39. The molecule has 0 aliphatic heterocycles. The minimum atomic E-state index is 1.00. The number of benzene rings is 1. The van der Waals surface area contributed by atoms with E-state index in [0.717, 1.165) is 28.1 Å². The highest BCUT2D eigenvalue weighted by Crippen LogP contribution is 2.33. The number of thioether (sulfide) groups is 1. The van der Waals surface area contributed by atoms with Crippen LogP contribution in [0.4, 0.5) is 0 Å². The van der Waals surface area contributed by atoms with Crippen LogP contribution in [0, 0.1) is 6.92 Å². The van der Waals surface area contributed by atoms with Crippen LogP contribution in [-0.2, 0) is 0 Å². The summed E-state index contributed by atoms with van der Waals surface area (Å²) < 4.78 is 0. The smallest absolute Gasteiger partial charge is 0.0731 e. The van der Waals surface area contributed by atoms with E-state index in [4.69, 9.17) is 0 Å². The van der Waals surface area contributed by atoms with Crippen LogP contribution in [0.3, 0.4) is 0 Å². The van der Waals surface area contributed by atoms with Crippen LogP contribution in [0.5, 0.6) is 0 Å². The first-order chi connectivity index (χ1) is 9.79. The molecule has 3 nitrogen and oxygen atoms in total. The van der Waals surface area contributed by atoms with Crippen molar-refractivity contribution in [2.45, 2.75) is 11.8 Å². The molecule has 0 aliphatic rings. The van der Waals surface area contributed by atoms with Crippen molar-refractivity contribution in [3.05, 3.63) is 54.5 Å². The fourth-order valence-electron chi connectivity index (χ4n) is 2.27. The molecule has 0 unspecified atom stereocenters. The molecule has 0 spiro atoms. The molecule has 0 amide bonds. The van der Waals surface area contributed by atoms with Crippen molar-refractivity contribution in [3.63, 3.8) is 0 Å². The number of nitrogens with zero attached hydrogens (tertiary/aromatic N) is 2. The Morgan fingerprint density at radius 2 is 1.65 bits per heavy atom. The van der Waals surface area contributed by atoms with Crippen LogP contribution < -0.4 is 0 Å². The van der Waals surface area contributed by atoms with E-state index in [-0.39, 0.29) is 0 Å². The van der Waals surface area contributed by atoms with Crippen molar-refractivity contribution < 1.29 is 0 Å². The molecule has 0 atom stereocenters. The topological polar surface area (TPSA) is 41.6 Å². The summed E-state index contributed by atoms with van der Waals surface area (Å²) in [6.45, 7) is 2.02. The Labute approximate surface area is 122 Å². The third kappa shape index (κ3) is 2.34. The fraction of sp³-hybridized carbons (Fsp3) is 0.125. The summed E-state index contributed by atoms with van der Waals surface area (Å²) >= 11 is 1.74. The van der Waals surface area contributed by atoms with Gasteiger partial charge in [0.15, 0.2) is 0 Å². The first kappa shape index (κ1) is 12.9. The Morgan fingerprint density at radius 1 is 0.950 bits per heavy atom. The first-order valence-corrected chi connectivity index (χ1v) is 7.62. The molecule has 0 fully saturated rings. The van der Waals surface area contributed by atoms with Crippen LogP contribution >= 0.6 is 11.8 Å². The summed E-state index contributed by atoms with van der Waals surface area (Å²) in [4.78, 5) is 5.34. The minimum absolute atomic E-state index is 1.00. The number of aryl methyl sites for hydroxylation is 1. The van der Waals surface area contributed by atoms with Gasteiger partial charge < -0.3 is 0 Å². The third-order valence-corrected chi connectivity index (χ3v) is 4.04. The van der Waals surface area contributed by atoms with Crippen molar-refractivity contribution in [3.8, 4) is 22.4 Å². The van der Waals surface area contributed by atoms with Crippen molar-refractivity contribution in [1.82, 2.24) is 15.2 Å². The van der Waals surface area contributed by atoms with Gasteiger partial charge in [0, 0.05) is 28.4 Å². The predicted molar refractivity (Wildman–Crippen MR) is 83.8 cm³/mol. The molecular weight excluding hydrogens is 266 g/mol. The molecule has 1 N–H and O–H groups in total. The number of hydrogen-bond acceptors (Lipinski definition) is 3. The standard InChI is InChI=1S/C16H15N3S/c1-11-15(12-7-9-17-10-8-12)16(19-18-11)13-3-5-14(20-2)6-4-13/h3-10H,1-2H3,(H,18,19). The molecule has 4 heteroatoms. The minimum Gasteiger partial charge on any atom is -0.277 e. The number of aromatic nitrogens is 3. The highest BCUT2D eigenvalue weighted by molar-refractivity contribution is 7.98. The quantitative estimate of drug-likeness (QED) is 0.733. The lowest BCUT2D eigenvalue weighted by Gasteiger charge is -2.05. The zero-order valence-corrected chi connectivity index (χ0v) is 12.2. The van der Waals surface area contributed by atoms with Crippen molar-refractivity contribution in [2.75, 3.05) is 6.26 Å². The lowest BCUT2D eigenvalue weighted by atomic mass is 10.0. The van der Waals surface area contributed by atoms with Gasteiger partial charge in [-0.25, -0.2) is 0 Å². The lowest BCUT2D eigenvalue weighted by Crippen LogP contribution is -1.84. The maximum absolute atomic E-state index is 4.36. The molecule has 0 aliphatic carbocycles. The molecule has 3 aromatic rings. The monoisotopic (exact) mass is 281 g/mol. The van der Waals surface area contributed by atoms with Gasteiger partial charge in [-0.1, -0.05) is 12.1 Å². The van der Waals surface area contributed by atoms with E-state index in [2.05, 4.69) is 45.7 Å². The van der Waals surface area contributed by atoms with E-state index >= 15 is 0 Å². The average Bonchev–Trinajstić information content (AvgIpc) is 2.90. The molecule has 2 aromatic heterocycles. The number of H-pyrrole nitrogens is 1. The van der Waals surface area contributed by atoms with Crippen LogP contribution in [0.15, 0.2) is 53.7 Å². The molecule has 2 heterocycles. The summed E-state index contributed by atoms with van der Waals surface area (Å²) in [7, 11) is 0. The third-order valence-electron chi connectivity index (χ3n) is 3.29. The molecule has 0 saturated heterocycles. The summed E-state index contributed by atoms with van der Waals surface area (Å²) in [5.74, 6) is 0. The zero-order valence-electron chi connectivity index (χ0n) is 11.4. The van der Waals surface area contributed by atoms with E-state index in [0.29, 0.717) is 0 Å². The molecule has 0 bridgehead atoms. The average molecular weight is 281 g/mol. The second-order valence-corrected chi connectivity index (χ2v) is 5.40. The molecule has 0 radical (unpaired) electrons.